The van der Waals surface area contributed by atoms with Crippen LogP contribution in [0.5, 0.6) is 11.5 Å². The summed E-state index contributed by atoms with van der Waals surface area (Å²) in [6, 6.07) is 14.6. The molecule has 10 heteroatoms. The first kappa shape index (κ1) is 21.5. The zero-order chi connectivity index (χ0) is 23.7. The van der Waals surface area contributed by atoms with E-state index in [1.807, 2.05) is 0 Å². The van der Waals surface area contributed by atoms with Gasteiger partial charge in [-0.3, -0.25) is 24.5 Å². The molecule has 0 aromatic heterocycles. The van der Waals surface area contributed by atoms with Gasteiger partial charge in [0.15, 0.2) is 0 Å². The number of carbonyl (C=O) groups excluding carboxylic acids is 3. The van der Waals surface area contributed by atoms with Gasteiger partial charge in [0.05, 0.1) is 36.1 Å². The van der Waals surface area contributed by atoms with E-state index in [4.69, 9.17) is 9.47 Å². The molecule has 0 atom stereocenters. The molecule has 0 aliphatic carbocycles. The summed E-state index contributed by atoms with van der Waals surface area (Å²) in [5, 5.41) is 14.0. The highest BCUT2D eigenvalue weighted by atomic mass is 16.6. The number of rotatable bonds is 6. The Kier molecular flexibility index (Phi) is 5.49. The molecule has 3 amide bonds. The Morgan fingerprint density at radius 2 is 1.70 bits per heavy atom. The van der Waals surface area contributed by atoms with Crippen molar-refractivity contribution in [2.75, 3.05) is 24.4 Å². The number of hydrogen-bond donors (Lipinski definition) is 1. The summed E-state index contributed by atoms with van der Waals surface area (Å²) >= 11 is 0. The number of nitrogens with zero attached hydrogens (tertiary/aromatic N) is 2. The van der Waals surface area contributed by atoms with E-state index in [2.05, 4.69) is 5.32 Å². The van der Waals surface area contributed by atoms with Crippen LogP contribution in [0.1, 0.15) is 31.1 Å². The van der Waals surface area contributed by atoms with Crippen molar-refractivity contribution in [1.29, 1.82) is 0 Å². The number of nitro groups is 1. The van der Waals surface area contributed by atoms with Crippen LogP contribution in [-0.4, -0.2) is 36.9 Å². The number of anilines is 2. The van der Waals surface area contributed by atoms with E-state index in [0.29, 0.717) is 17.2 Å². The summed E-state index contributed by atoms with van der Waals surface area (Å²) in [6.07, 6.45) is 0. The van der Waals surface area contributed by atoms with Crippen LogP contribution in [0.4, 0.5) is 17.1 Å². The Morgan fingerprint density at radius 1 is 0.970 bits per heavy atom. The molecule has 3 aromatic rings. The number of fused-ring (bicyclic) bond motifs is 1. The third kappa shape index (κ3) is 3.74. The summed E-state index contributed by atoms with van der Waals surface area (Å²) in [5.74, 6) is -0.924. The standard InChI is InChI=1S/C23H17N3O7/c1-32-15-10-11-17(19(12-15)33-2)24-21(27)13-6-8-14(9-7-13)25-22(28)16-4-3-5-18(26(30)31)20(16)23(25)29/h3-12H,1-2H3,(H,24,27). The Hall–Kier alpha value is -4.73. The molecule has 0 saturated heterocycles. The number of hydrogen-bond acceptors (Lipinski definition) is 7. The van der Waals surface area contributed by atoms with Gasteiger partial charge >= 0.3 is 0 Å². The predicted octanol–water partition coefficient (Wildman–Crippen LogP) is 3.66. The molecule has 33 heavy (non-hydrogen) atoms. The number of benzene rings is 3. The second-order valence-electron chi connectivity index (χ2n) is 6.97. The van der Waals surface area contributed by atoms with Gasteiger partial charge in [0, 0.05) is 17.7 Å². The lowest BCUT2D eigenvalue weighted by molar-refractivity contribution is -0.385. The van der Waals surface area contributed by atoms with Crippen LogP contribution >= 0.6 is 0 Å². The molecule has 4 rings (SSSR count). The molecule has 0 unspecified atom stereocenters. The van der Waals surface area contributed by atoms with Gasteiger partial charge in [-0.2, -0.15) is 0 Å². The van der Waals surface area contributed by atoms with Crippen LogP contribution in [0.15, 0.2) is 60.7 Å². The summed E-state index contributed by atoms with van der Waals surface area (Å²) in [5.41, 5.74) is 0.162. The Balaban J connectivity index is 1.57. The maximum absolute atomic E-state index is 12.8. The second kappa shape index (κ2) is 8.42. The monoisotopic (exact) mass is 447 g/mol. The Morgan fingerprint density at radius 3 is 2.33 bits per heavy atom. The smallest absolute Gasteiger partial charge is 0.283 e. The molecule has 1 heterocycles. The molecular formula is C23H17N3O7. The van der Waals surface area contributed by atoms with Crippen molar-refractivity contribution in [3.63, 3.8) is 0 Å². The van der Waals surface area contributed by atoms with Crippen LogP contribution in [0, 0.1) is 10.1 Å². The Labute approximate surface area is 187 Å². The lowest BCUT2D eigenvalue weighted by Gasteiger charge is -2.15. The molecule has 1 aliphatic rings. The molecule has 3 aromatic carbocycles. The first-order chi connectivity index (χ1) is 15.8. The quantitative estimate of drug-likeness (QED) is 0.347. The van der Waals surface area contributed by atoms with Gasteiger partial charge < -0.3 is 14.8 Å². The molecule has 0 fully saturated rings. The predicted molar refractivity (Wildman–Crippen MR) is 118 cm³/mol. The highest BCUT2D eigenvalue weighted by Crippen LogP contribution is 2.34. The zero-order valence-corrected chi connectivity index (χ0v) is 17.5. The van der Waals surface area contributed by atoms with Gasteiger partial charge in [0.1, 0.15) is 17.1 Å². The van der Waals surface area contributed by atoms with Gasteiger partial charge in [-0.05, 0) is 42.5 Å². The largest absolute Gasteiger partial charge is 0.497 e. The minimum atomic E-state index is -0.789. The number of carbonyl (C=O) groups is 3. The van der Waals surface area contributed by atoms with E-state index in [1.54, 1.807) is 18.2 Å². The van der Waals surface area contributed by atoms with Crippen molar-refractivity contribution in [1.82, 2.24) is 0 Å². The van der Waals surface area contributed by atoms with E-state index in [0.717, 1.165) is 4.90 Å². The molecular weight excluding hydrogens is 430 g/mol. The first-order valence-electron chi connectivity index (χ1n) is 9.65. The van der Waals surface area contributed by atoms with Gasteiger partial charge in [-0.1, -0.05) is 6.07 Å². The molecule has 10 nitrogen and oxygen atoms in total. The molecule has 1 aliphatic heterocycles. The highest BCUT2D eigenvalue weighted by molar-refractivity contribution is 6.35. The van der Waals surface area contributed by atoms with E-state index in [-0.39, 0.29) is 22.4 Å². The fraction of sp³-hybridized carbons (Fsp3) is 0.0870. The summed E-state index contributed by atoms with van der Waals surface area (Å²) in [4.78, 5) is 49.7. The minimum Gasteiger partial charge on any atom is -0.497 e. The number of imide groups is 1. The molecule has 0 saturated carbocycles. The van der Waals surface area contributed by atoms with Crippen LogP contribution in [0.25, 0.3) is 0 Å². The van der Waals surface area contributed by atoms with Crippen molar-refractivity contribution in [2.24, 2.45) is 0 Å². The van der Waals surface area contributed by atoms with Gasteiger partial charge in [0.25, 0.3) is 23.4 Å². The van der Waals surface area contributed by atoms with Crippen molar-refractivity contribution in [3.8, 4) is 11.5 Å². The SMILES string of the molecule is COc1ccc(NC(=O)c2ccc(N3C(=O)c4cccc([N+](=O)[O-])c4C3=O)cc2)c(OC)c1. The summed E-state index contributed by atoms with van der Waals surface area (Å²) < 4.78 is 10.4. The average Bonchev–Trinajstić information content (AvgIpc) is 3.09. The van der Waals surface area contributed by atoms with Crippen LogP contribution in [0.3, 0.4) is 0 Å². The first-order valence-corrected chi connectivity index (χ1v) is 9.65. The highest BCUT2D eigenvalue weighted by Gasteiger charge is 2.41. The fourth-order valence-electron chi connectivity index (χ4n) is 3.51. The van der Waals surface area contributed by atoms with Crippen molar-refractivity contribution in [3.05, 3.63) is 87.5 Å². The molecule has 0 spiro atoms. The van der Waals surface area contributed by atoms with Gasteiger partial charge in [-0.25, -0.2) is 4.90 Å². The van der Waals surface area contributed by atoms with E-state index in [9.17, 15) is 24.5 Å². The van der Waals surface area contributed by atoms with E-state index in [1.165, 1.54) is 56.7 Å². The third-order valence-electron chi connectivity index (χ3n) is 5.13. The number of methoxy groups -OCH3 is 2. The normalized spacial score (nSPS) is 12.4. The second-order valence-corrected chi connectivity index (χ2v) is 6.97. The molecule has 0 radical (unpaired) electrons. The van der Waals surface area contributed by atoms with Crippen LogP contribution in [0.2, 0.25) is 0 Å². The fourth-order valence-corrected chi connectivity index (χ4v) is 3.51. The van der Waals surface area contributed by atoms with Crippen molar-refractivity contribution < 1.29 is 28.8 Å². The lowest BCUT2D eigenvalue weighted by Crippen LogP contribution is -2.29. The van der Waals surface area contributed by atoms with Crippen molar-refractivity contribution >= 4 is 34.8 Å². The lowest BCUT2D eigenvalue weighted by atomic mass is 10.1. The number of nitro benzene ring substituents is 1. The summed E-state index contributed by atoms with van der Waals surface area (Å²) in [6.45, 7) is 0. The number of amides is 3. The van der Waals surface area contributed by atoms with Crippen LogP contribution < -0.4 is 19.7 Å². The Bertz CT molecular complexity index is 1300. The van der Waals surface area contributed by atoms with E-state index < -0.39 is 28.3 Å². The molecule has 1 N–H and O–H groups in total. The third-order valence-corrected chi connectivity index (χ3v) is 5.13. The van der Waals surface area contributed by atoms with Crippen molar-refractivity contribution in [2.45, 2.75) is 0 Å². The minimum absolute atomic E-state index is 0.0392. The molecule has 0 bridgehead atoms. The number of nitrogens with one attached hydrogen (secondary N) is 1. The van der Waals surface area contributed by atoms with Gasteiger partial charge in [-0.15, -0.1) is 0 Å². The maximum atomic E-state index is 12.8. The van der Waals surface area contributed by atoms with Gasteiger partial charge in [0.2, 0.25) is 0 Å². The average molecular weight is 447 g/mol. The topological polar surface area (TPSA) is 128 Å². The zero-order valence-electron chi connectivity index (χ0n) is 17.5. The summed E-state index contributed by atoms with van der Waals surface area (Å²) in [7, 11) is 2.98. The van der Waals surface area contributed by atoms with Crippen LogP contribution in [-0.2, 0) is 0 Å². The van der Waals surface area contributed by atoms with E-state index >= 15 is 0 Å². The number of ether oxygens (including phenoxy) is 2. The maximum Gasteiger partial charge on any atom is 0.283 e. The molecule has 166 valence electrons.